The summed E-state index contributed by atoms with van der Waals surface area (Å²) in [6, 6.07) is -1.92. The molecule has 1 fully saturated rings. The van der Waals surface area contributed by atoms with Gasteiger partial charge in [-0.3, -0.25) is 38.4 Å². The lowest BCUT2D eigenvalue weighted by Crippen LogP contribution is -2.61. The molecule has 1 aromatic rings. The Morgan fingerprint density at radius 2 is 0.934 bits per heavy atom. The maximum Gasteiger partial charge on any atom is 0.331 e. The molecule has 1 aromatic carbocycles. The van der Waals surface area contributed by atoms with Crippen LogP contribution in [-0.4, -0.2) is 152 Å². The zero-order valence-corrected chi connectivity index (χ0v) is 46.5. The van der Waals surface area contributed by atoms with Gasteiger partial charge in [-0.2, -0.15) is 0 Å². The predicted molar refractivity (Wildman–Crippen MR) is 288 cm³/mol. The second-order valence-electron chi connectivity index (χ2n) is 21.2. The summed E-state index contributed by atoms with van der Waals surface area (Å²) < 4.78 is 5.72. The zero-order valence-electron chi connectivity index (χ0n) is 46.5. The first-order valence-corrected chi connectivity index (χ1v) is 27.1. The van der Waals surface area contributed by atoms with Crippen molar-refractivity contribution in [2.24, 2.45) is 46.8 Å². The molecule has 430 valence electrons. The van der Waals surface area contributed by atoms with Crippen LogP contribution >= 0.6 is 0 Å². The van der Waals surface area contributed by atoms with Gasteiger partial charge in [0.25, 0.3) is 5.91 Å². The molecule has 16 N–H and O–H groups in total. The SMILES string of the molecule is CC[C@@H](C)[C@H]1OC(=O)[C@H](CO)NC(=O)[C@@H](CC(C)C)NC[C@H](C(C)C)NC(=O)[C@H](CCN)NC(=O)[C@@H](CC(C)C)NC(=O)[C@H](Cc2ccccc2)NC(=O)[C@@H](CCN)NC(=O)[C@H]([C@@H](C)CC)NC(=O)[C@@H](CCN)NC1=O. The van der Waals surface area contributed by atoms with Crippen LogP contribution in [0.3, 0.4) is 0 Å². The minimum Gasteiger partial charge on any atom is -0.450 e. The van der Waals surface area contributed by atoms with Crippen LogP contribution in [0.4, 0.5) is 0 Å². The number of aliphatic hydroxyl groups is 1. The van der Waals surface area contributed by atoms with E-state index in [1.54, 1.807) is 58.0 Å². The summed E-state index contributed by atoms with van der Waals surface area (Å²) in [6.45, 7) is 17.1. The first-order chi connectivity index (χ1) is 35.9. The molecule has 2 rings (SSSR count). The fourth-order valence-electron chi connectivity index (χ4n) is 8.42. The predicted octanol–water partition coefficient (Wildman–Crippen LogP) is -1.13. The first kappa shape index (κ1) is 66.4. The van der Waals surface area contributed by atoms with Crippen molar-refractivity contribution in [3.05, 3.63) is 35.9 Å². The molecular formula is C53H92N12O11. The third-order valence-corrected chi connectivity index (χ3v) is 13.5. The van der Waals surface area contributed by atoms with Crippen molar-refractivity contribution in [3.63, 3.8) is 0 Å². The third-order valence-electron chi connectivity index (χ3n) is 13.5. The molecule has 0 bridgehead atoms. The van der Waals surface area contributed by atoms with Gasteiger partial charge >= 0.3 is 5.97 Å². The quantitative estimate of drug-likeness (QED) is 0.0774. The minimum absolute atomic E-state index is 0.00298. The number of aliphatic hydroxyl groups excluding tert-OH is 1. The number of benzene rings is 1. The van der Waals surface area contributed by atoms with E-state index in [2.05, 4.69) is 47.9 Å². The number of amides is 8. The van der Waals surface area contributed by atoms with Crippen molar-refractivity contribution in [1.82, 2.24) is 47.9 Å². The largest absolute Gasteiger partial charge is 0.450 e. The lowest BCUT2D eigenvalue weighted by Gasteiger charge is -2.31. The van der Waals surface area contributed by atoms with Crippen molar-refractivity contribution >= 4 is 53.2 Å². The second-order valence-corrected chi connectivity index (χ2v) is 21.2. The van der Waals surface area contributed by atoms with E-state index in [-0.39, 0.29) is 82.5 Å². The smallest absolute Gasteiger partial charge is 0.331 e. The molecule has 0 saturated carbocycles. The molecule has 0 spiro atoms. The summed E-state index contributed by atoms with van der Waals surface area (Å²) in [5.41, 5.74) is 18.5. The molecule has 1 heterocycles. The van der Waals surface area contributed by atoms with Gasteiger partial charge in [-0.1, -0.05) is 106 Å². The van der Waals surface area contributed by atoms with E-state index in [9.17, 15) is 48.3 Å². The number of rotatable bonds is 18. The van der Waals surface area contributed by atoms with Gasteiger partial charge in [0.1, 0.15) is 36.3 Å². The van der Waals surface area contributed by atoms with E-state index in [1.807, 2.05) is 41.5 Å². The molecule has 8 amide bonds. The third kappa shape index (κ3) is 22.1. The summed E-state index contributed by atoms with van der Waals surface area (Å²) in [4.78, 5) is 127. The van der Waals surface area contributed by atoms with Gasteiger partial charge in [-0.15, -0.1) is 0 Å². The number of cyclic esters (lactones) is 1. The molecule has 12 atom stereocenters. The number of ether oxygens (including phenoxy) is 1. The molecule has 0 aromatic heterocycles. The lowest BCUT2D eigenvalue weighted by atomic mass is 9.96. The Balaban J connectivity index is 2.81. The van der Waals surface area contributed by atoms with Crippen LogP contribution in [-0.2, 0) is 54.3 Å². The van der Waals surface area contributed by atoms with Gasteiger partial charge in [0, 0.05) is 24.9 Å². The van der Waals surface area contributed by atoms with Crippen LogP contribution in [0.2, 0.25) is 0 Å². The van der Waals surface area contributed by atoms with E-state index in [4.69, 9.17) is 21.9 Å². The maximum absolute atomic E-state index is 14.5. The Morgan fingerprint density at radius 3 is 1.43 bits per heavy atom. The van der Waals surface area contributed by atoms with Crippen LogP contribution < -0.4 is 65.1 Å². The van der Waals surface area contributed by atoms with Crippen LogP contribution in [0.25, 0.3) is 0 Å². The molecule has 23 nitrogen and oxygen atoms in total. The summed E-state index contributed by atoms with van der Waals surface area (Å²) in [5.74, 6) is -8.56. The highest BCUT2D eigenvalue weighted by atomic mass is 16.6. The van der Waals surface area contributed by atoms with Gasteiger partial charge < -0.3 is 74.9 Å². The molecule has 0 unspecified atom stereocenters. The number of hydrogen-bond acceptors (Lipinski definition) is 15. The summed E-state index contributed by atoms with van der Waals surface area (Å²) in [6.07, 6.45) is -0.611. The van der Waals surface area contributed by atoms with Crippen molar-refractivity contribution in [1.29, 1.82) is 0 Å². The molecule has 1 aliphatic heterocycles. The van der Waals surface area contributed by atoms with Crippen molar-refractivity contribution in [2.45, 2.75) is 181 Å². The van der Waals surface area contributed by atoms with Crippen LogP contribution in [0, 0.1) is 29.6 Å². The van der Waals surface area contributed by atoms with E-state index in [0.29, 0.717) is 18.4 Å². The number of nitrogens with one attached hydrogen (secondary N) is 9. The molecule has 76 heavy (non-hydrogen) atoms. The summed E-state index contributed by atoms with van der Waals surface area (Å²) in [5, 5.41) is 35.6. The molecule has 0 aliphatic carbocycles. The highest BCUT2D eigenvalue weighted by molar-refractivity contribution is 5.98. The Morgan fingerprint density at radius 1 is 0.513 bits per heavy atom. The van der Waals surface area contributed by atoms with Crippen molar-refractivity contribution < 1.29 is 53.0 Å². The average molecular weight is 1070 g/mol. The fraction of sp³-hybridized carbons (Fsp3) is 0.717. The maximum atomic E-state index is 14.5. The monoisotopic (exact) mass is 1070 g/mol. The highest BCUT2D eigenvalue weighted by Gasteiger charge is 2.38. The Labute approximate surface area is 449 Å². The number of hydrogen-bond donors (Lipinski definition) is 13. The minimum atomic E-state index is -1.62. The second kappa shape index (κ2) is 34.1. The molecule has 1 aliphatic rings. The summed E-state index contributed by atoms with van der Waals surface area (Å²) >= 11 is 0. The number of carbonyl (C=O) groups excluding carboxylic acids is 9. The number of esters is 1. The van der Waals surface area contributed by atoms with Crippen LogP contribution in [0.1, 0.15) is 120 Å². The molecule has 1 saturated heterocycles. The fourth-order valence-corrected chi connectivity index (χ4v) is 8.42. The van der Waals surface area contributed by atoms with Gasteiger partial charge in [-0.25, -0.2) is 4.79 Å². The van der Waals surface area contributed by atoms with Gasteiger partial charge in [0.05, 0.1) is 12.6 Å². The van der Waals surface area contributed by atoms with Gasteiger partial charge in [0.2, 0.25) is 41.4 Å². The van der Waals surface area contributed by atoms with Crippen molar-refractivity contribution in [3.8, 4) is 0 Å². The lowest BCUT2D eigenvalue weighted by molar-refractivity contribution is -0.163. The van der Waals surface area contributed by atoms with E-state index < -0.39 is 132 Å². The topological polar surface area (TPSA) is 369 Å². The van der Waals surface area contributed by atoms with E-state index in [0.717, 1.165) is 0 Å². The zero-order chi connectivity index (χ0) is 57.2. The average Bonchev–Trinajstić information content (AvgIpc) is 3.37. The molecule has 23 heteroatoms. The van der Waals surface area contributed by atoms with Crippen LogP contribution in [0.15, 0.2) is 30.3 Å². The number of carbonyl (C=O) groups is 9. The summed E-state index contributed by atoms with van der Waals surface area (Å²) in [7, 11) is 0. The Hall–Kier alpha value is -5.75. The Kier molecular flexibility index (Phi) is 29.8. The Bertz CT molecular complexity index is 2030. The molecule has 0 radical (unpaired) electrons. The van der Waals surface area contributed by atoms with E-state index in [1.165, 1.54) is 0 Å². The van der Waals surface area contributed by atoms with Gasteiger partial charge in [-0.05, 0) is 87.4 Å². The number of nitrogens with two attached hydrogens (primary N) is 3. The van der Waals surface area contributed by atoms with Crippen molar-refractivity contribution in [2.75, 3.05) is 32.8 Å². The van der Waals surface area contributed by atoms with E-state index >= 15 is 0 Å². The van der Waals surface area contributed by atoms with Crippen LogP contribution in [0.5, 0.6) is 0 Å². The first-order valence-electron chi connectivity index (χ1n) is 27.1. The standard InChI is InChI=1S/C53H92N12O11/c1-11-32(9)43-51(73)59-36(19-22-55)45(67)62-40(26-34-16-14-13-15-17-34)50(72)61-39(25-30(5)6)49(71)58-35(18-21-54)46(68)63-41(31(7)8)27-57-38(24-29(3)4)48(70)64-42(28-66)53(75)76-44(33(10)12-2)52(74)60-37(20-23-56)47(69)65-43/h13-17,29-33,35-44,57,66H,11-12,18-28,54-56H2,1-10H3,(H,58,71)(H,59,73)(H,60,74)(H,61,72)(H,62,67)(H,63,68)(H,64,70)(H,65,69)/t32-,33+,35-,36+,37+,38+,39+,40-,41+,42-,43-,44+/m0/s1. The highest BCUT2D eigenvalue weighted by Crippen LogP contribution is 2.17. The van der Waals surface area contributed by atoms with Gasteiger partial charge in [0.15, 0.2) is 12.1 Å². The normalized spacial score (nSPS) is 26.9. The molecular weight excluding hydrogens is 981 g/mol.